The van der Waals surface area contributed by atoms with Crippen LogP contribution in [0.3, 0.4) is 0 Å². The number of benzene rings is 3. The fraction of sp³-hybridized carbons (Fsp3) is 0.259. The predicted molar refractivity (Wildman–Crippen MR) is 122 cm³/mol. The van der Waals surface area contributed by atoms with Crippen LogP contribution in [-0.2, 0) is 10.2 Å². The third-order valence-electron chi connectivity index (χ3n) is 6.49. The number of halogens is 5. The minimum Gasteiger partial charge on any atom is -0.494 e. The van der Waals surface area contributed by atoms with Crippen LogP contribution in [0.5, 0.6) is 17.2 Å². The van der Waals surface area contributed by atoms with Gasteiger partial charge in [0.2, 0.25) is 0 Å². The molecule has 4 rings (SSSR count). The van der Waals surface area contributed by atoms with Crippen LogP contribution in [0, 0.1) is 23.1 Å². The first kappa shape index (κ1) is 25.9. The molecule has 3 aromatic rings. The highest BCUT2D eigenvalue weighted by atomic mass is 19.3. The van der Waals surface area contributed by atoms with Gasteiger partial charge in [0.05, 0.1) is 24.5 Å². The molecule has 37 heavy (non-hydrogen) atoms. The molecule has 3 unspecified atom stereocenters. The van der Waals surface area contributed by atoms with Gasteiger partial charge in [0, 0.05) is 0 Å². The van der Waals surface area contributed by atoms with E-state index in [1.54, 1.807) is 31.2 Å². The van der Waals surface area contributed by atoms with Crippen molar-refractivity contribution in [1.82, 2.24) is 0 Å². The number of nitriles is 1. The van der Waals surface area contributed by atoms with E-state index in [0.717, 1.165) is 30.3 Å². The maximum absolute atomic E-state index is 15.2. The summed E-state index contributed by atoms with van der Waals surface area (Å²) in [6.45, 7) is 1.90. The number of hydrogen-bond donors (Lipinski definition) is 1. The maximum atomic E-state index is 15.2. The van der Waals surface area contributed by atoms with E-state index < -0.39 is 52.2 Å². The zero-order valence-electron chi connectivity index (χ0n) is 19.3. The third-order valence-corrected chi connectivity index (χ3v) is 6.49. The Morgan fingerprint density at radius 3 is 2.24 bits per heavy atom. The summed E-state index contributed by atoms with van der Waals surface area (Å²) in [5.74, 6) is -17.8. The fourth-order valence-corrected chi connectivity index (χ4v) is 4.79. The van der Waals surface area contributed by atoms with E-state index in [2.05, 4.69) is 0 Å². The monoisotopic (exact) mass is 517 g/mol. The molecule has 0 heterocycles. The van der Waals surface area contributed by atoms with Crippen molar-refractivity contribution in [3.63, 3.8) is 0 Å². The second-order valence-corrected chi connectivity index (χ2v) is 8.46. The van der Waals surface area contributed by atoms with E-state index in [1.807, 2.05) is 0 Å². The van der Waals surface area contributed by atoms with Crippen LogP contribution in [0.4, 0.5) is 22.0 Å². The lowest BCUT2D eigenvalue weighted by atomic mass is 9.47. The van der Waals surface area contributed by atoms with E-state index in [4.69, 9.17) is 9.47 Å². The molecule has 0 aliphatic heterocycles. The van der Waals surface area contributed by atoms with Crippen LogP contribution in [0.25, 0.3) is 0 Å². The Morgan fingerprint density at radius 1 is 1.03 bits per heavy atom. The molecule has 1 N–H and O–H groups in total. The average Bonchev–Trinajstić information content (AvgIpc) is 2.87. The first-order valence-corrected chi connectivity index (χ1v) is 11.2. The Labute approximate surface area is 208 Å². The quantitative estimate of drug-likeness (QED) is 0.343. The number of hydrogen-bond acceptors (Lipinski definition) is 4. The summed E-state index contributed by atoms with van der Waals surface area (Å²) in [4.78, 5) is 12.4. The lowest BCUT2D eigenvalue weighted by molar-refractivity contribution is -0.362. The number of rotatable bonds is 8. The maximum Gasteiger partial charge on any atom is 0.331 e. The second-order valence-electron chi connectivity index (χ2n) is 8.46. The van der Waals surface area contributed by atoms with Crippen molar-refractivity contribution in [1.29, 1.82) is 5.26 Å². The standard InChI is InChI=1S/C27H20F5NO4/c1-2-36-18-11-9-17(10-12-18)25(24(34)35)23(26(29,30)27(25,31)32)20(15-33)16-8-13-21(28)22(14-16)37-19-6-4-3-5-7-19/h3-14,20,23H,2H2,1H3,(H,34,35). The lowest BCUT2D eigenvalue weighted by Gasteiger charge is -2.58. The molecular weight excluding hydrogens is 497 g/mol. The SMILES string of the molecule is CCOc1ccc(C2(C(=O)O)C(C(C#N)c3ccc(F)c(Oc4ccccc4)c3)C(F)(F)C2(F)F)cc1. The molecule has 1 saturated carbocycles. The highest BCUT2D eigenvalue weighted by Crippen LogP contribution is 2.71. The minimum absolute atomic E-state index is 0.196. The van der Waals surface area contributed by atoms with Gasteiger partial charge in [-0.3, -0.25) is 4.79 Å². The normalized spacial score (nSPS) is 22.2. The van der Waals surface area contributed by atoms with Crippen LogP contribution in [-0.4, -0.2) is 29.5 Å². The van der Waals surface area contributed by atoms with Gasteiger partial charge >= 0.3 is 17.8 Å². The van der Waals surface area contributed by atoms with E-state index in [-0.39, 0.29) is 23.7 Å². The molecule has 0 radical (unpaired) electrons. The average molecular weight is 517 g/mol. The van der Waals surface area contributed by atoms with Crippen LogP contribution >= 0.6 is 0 Å². The largest absolute Gasteiger partial charge is 0.494 e. The van der Waals surface area contributed by atoms with E-state index >= 15 is 17.6 Å². The second kappa shape index (κ2) is 9.39. The molecule has 0 aromatic heterocycles. The summed E-state index contributed by atoms with van der Waals surface area (Å²) in [5, 5.41) is 19.9. The van der Waals surface area contributed by atoms with Gasteiger partial charge in [-0.25, -0.2) is 4.39 Å². The lowest BCUT2D eigenvalue weighted by Crippen LogP contribution is -2.80. The molecule has 0 saturated heterocycles. The summed E-state index contributed by atoms with van der Waals surface area (Å²) < 4.78 is 85.6. The third kappa shape index (κ3) is 3.86. The number of alkyl halides is 4. The molecule has 5 nitrogen and oxygen atoms in total. The highest BCUT2D eigenvalue weighted by Gasteiger charge is 2.91. The van der Waals surface area contributed by atoms with Crippen LogP contribution < -0.4 is 9.47 Å². The van der Waals surface area contributed by atoms with Crippen molar-refractivity contribution in [3.8, 4) is 23.3 Å². The summed E-state index contributed by atoms with van der Waals surface area (Å²) >= 11 is 0. The molecule has 10 heteroatoms. The summed E-state index contributed by atoms with van der Waals surface area (Å²) in [6, 6.07) is 16.5. The Kier molecular flexibility index (Phi) is 6.59. The first-order chi connectivity index (χ1) is 17.5. The molecule has 0 amide bonds. The molecule has 1 aliphatic rings. The summed E-state index contributed by atoms with van der Waals surface area (Å²) in [6.07, 6.45) is 0. The number of carbonyl (C=O) groups is 1. The topological polar surface area (TPSA) is 79.5 Å². The molecule has 192 valence electrons. The van der Waals surface area contributed by atoms with Crippen molar-refractivity contribution in [2.75, 3.05) is 6.61 Å². The minimum atomic E-state index is -5.04. The molecule has 3 atom stereocenters. The summed E-state index contributed by atoms with van der Waals surface area (Å²) in [7, 11) is 0. The summed E-state index contributed by atoms with van der Waals surface area (Å²) in [5.41, 5.74) is -4.37. The number of carboxylic acids is 1. The molecule has 0 bridgehead atoms. The van der Waals surface area contributed by atoms with Crippen molar-refractivity contribution in [3.05, 3.63) is 89.7 Å². The highest BCUT2D eigenvalue weighted by molar-refractivity contribution is 5.87. The van der Waals surface area contributed by atoms with Crippen molar-refractivity contribution in [2.24, 2.45) is 5.92 Å². The van der Waals surface area contributed by atoms with Crippen LogP contribution in [0.2, 0.25) is 0 Å². The Morgan fingerprint density at radius 2 is 1.68 bits per heavy atom. The van der Waals surface area contributed by atoms with E-state index in [9.17, 15) is 19.6 Å². The zero-order chi connectivity index (χ0) is 27.0. The Hall–Kier alpha value is -4.13. The number of ether oxygens (including phenoxy) is 2. The first-order valence-electron chi connectivity index (χ1n) is 11.2. The number of aliphatic carboxylic acids is 1. The Balaban J connectivity index is 1.84. The smallest absolute Gasteiger partial charge is 0.331 e. The van der Waals surface area contributed by atoms with Crippen molar-refractivity contribution in [2.45, 2.75) is 30.1 Å². The molecule has 1 fully saturated rings. The van der Waals surface area contributed by atoms with Gasteiger partial charge < -0.3 is 14.6 Å². The van der Waals surface area contributed by atoms with Gasteiger partial charge in [-0.2, -0.15) is 22.8 Å². The number of nitrogens with zero attached hydrogens (tertiary/aromatic N) is 1. The van der Waals surface area contributed by atoms with Gasteiger partial charge in [0.25, 0.3) is 0 Å². The fourth-order valence-electron chi connectivity index (χ4n) is 4.79. The molecular formula is C27H20F5NO4. The zero-order valence-corrected chi connectivity index (χ0v) is 19.3. The predicted octanol–water partition coefficient (Wildman–Crippen LogP) is 6.55. The number of carboxylic acid groups (broad SMARTS) is 1. The van der Waals surface area contributed by atoms with Gasteiger partial charge in [0.1, 0.15) is 11.5 Å². The molecule has 3 aromatic carbocycles. The molecule has 0 spiro atoms. The number of para-hydroxylation sites is 1. The van der Waals surface area contributed by atoms with Gasteiger partial charge in [-0.15, -0.1) is 0 Å². The van der Waals surface area contributed by atoms with Gasteiger partial charge in [0.15, 0.2) is 17.0 Å². The molecule has 1 aliphatic carbocycles. The van der Waals surface area contributed by atoms with Crippen molar-refractivity contribution >= 4 is 5.97 Å². The van der Waals surface area contributed by atoms with Crippen LogP contribution in [0.15, 0.2) is 72.8 Å². The van der Waals surface area contributed by atoms with E-state index in [0.29, 0.717) is 0 Å². The van der Waals surface area contributed by atoms with Crippen molar-refractivity contribution < 1.29 is 41.3 Å². The van der Waals surface area contributed by atoms with Crippen LogP contribution in [0.1, 0.15) is 24.0 Å². The van der Waals surface area contributed by atoms with E-state index in [1.165, 1.54) is 24.3 Å². The van der Waals surface area contributed by atoms with Gasteiger partial charge in [-0.1, -0.05) is 36.4 Å². The van der Waals surface area contributed by atoms with Gasteiger partial charge in [-0.05, 0) is 54.4 Å². The Bertz CT molecular complexity index is 1340.